The highest BCUT2D eigenvalue weighted by molar-refractivity contribution is 6.35. The van der Waals surface area contributed by atoms with E-state index in [4.69, 9.17) is 40.5 Å². The first kappa shape index (κ1) is 17.9. The molecular formula is C17H18Cl3N3. The number of anilines is 2. The van der Waals surface area contributed by atoms with Crippen molar-refractivity contribution in [3.05, 3.63) is 57.0 Å². The number of hydrogen-bond donors (Lipinski definition) is 1. The molecule has 6 heteroatoms. The lowest BCUT2D eigenvalue weighted by atomic mass is 10.1. The van der Waals surface area contributed by atoms with Crippen LogP contribution in [-0.2, 0) is 0 Å². The van der Waals surface area contributed by atoms with Gasteiger partial charge in [0.25, 0.3) is 0 Å². The number of nitrogens with two attached hydrogens (primary N) is 1. The van der Waals surface area contributed by atoms with E-state index in [0.717, 1.165) is 29.9 Å². The number of rotatable bonds is 5. The van der Waals surface area contributed by atoms with Crippen molar-refractivity contribution >= 4 is 51.9 Å². The van der Waals surface area contributed by atoms with Crippen LogP contribution in [0, 0.1) is 0 Å². The van der Waals surface area contributed by atoms with Crippen molar-refractivity contribution in [2.24, 2.45) is 5.10 Å². The molecule has 0 aliphatic rings. The third-order valence-electron chi connectivity index (χ3n) is 3.26. The first-order valence-corrected chi connectivity index (χ1v) is 8.38. The molecule has 2 aromatic carbocycles. The molecule has 0 heterocycles. The van der Waals surface area contributed by atoms with Crippen molar-refractivity contribution in [1.82, 2.24) is 0 Å². The molecule has 0 unspecified atom stereocenters. The Hall–Kier alpha value is -1.42. The van der Waals surface area contributed by atoms with Crippen LogP contribution in [0.2, 0.25) is 15.1 Å². The molecule has 0 amide bonds. The molecule has 0 aromatic heterocycles. The highest BCUT2D eigenvalue weighted by atomic mass is 35.5. The van der Waals surface area contributed by atoms with Gasteiger partial charge in [-0.15, -0.1) is 0 Å². The van der Waals surface area contributed by atoms with Crippen molar-refractivity contribution in [3.63, 3.8) is 0 Å². The van der Waals surface area contributed by atoms with E-state index in [1.807, 2.05) is 30.1 Å². The lowest BCUT2D eigenvalue weighted by Gasteiger charge is -2.20. The molecule has 3 nitrogen and oxygen atoms in total. The van der Waals surface area contributed by atoms with Crippen LogP contribution in [0.4, 0.5) is 11.4 Å². The Kier molecular flexibility index (Phi) is 6.17. The largest absolute Gasteiger partial charge is 0.398 e. The van der Waals surface area contributed by atoms with Gasteiger partial charge in [0.1, 0.15) is 0 Å². The van der Waals surface area contributed by atoms with E-state index in [2.05, 4.69) is 12.0 Å². The average molecular weight is 371 g/mol. The van der Waals surface area contributed by atoms with Crippen molar-refractivity contribution in [1.29, 1.82) is 0 Å². The molecule has 0 bridgehead atoms. The van der Waals surface area contributed by atoms with Gasteiger partial charge in [-0.25, -0.2) is 0 Å². The Bertz CT molecular complexity index is 709. The van der Waals surface area contributed by atoms with Gasteiger partial charge < -0.3 is 5.73 Å². The summed E-state index contributed by atoms with van der Waals surface area (Å²) in [5.41, 5.74) is 9.08. The zero-order chi connectivity index (χ0) is 17.0. The molecule has 0 atom stereocenters. The first-order chi connectivity index (χ1) is 10.9. The zero-order valence-corrected chi connectivity index (χ0v) is 15.3. The minimum atomic E-state index is 0.573. The molecule has 0 aliphatic carbocycles. The fourth-order valence-corrected chi connectivity index (χ4v) is 2.90. The van der Waals surface area contributed by atoms with E-state index in [-0.39, 0.29) is 0 Å². The molecule has 0 radical (unpaired) electrons. The van der Waals surface area contributed by atoms with Crippen molar-refractivity contribution < 1.29 is 0 Å². The molecular weight excluding hydrogens is 353 g/mol. The Morgan fingerprint density at radius 1 is 1.04 bits per heavy atom. The van der Waals surface area contributed by atoms with Crippen LogP contribution in [0.25, 0.3) is 0 Å². The summed E-state index contributed by atoms with van der Waals surface area (Å²) in [5.74, 6) is 0. The van der Waals surface area contributed by atoms with E-state index in [0.29, 0.717) is 20.8 Å². The third-order valence-corrected chi connectivity index (χ3v) is 3.93. The van der Waals surface area contributed by atoms with Crippen LogP contribution >= 0.6 is 34.8 Å². The standard InChI is InChI=1S/C17H18Cl3N3/c1-3-6-23(15-8-13(19)7-14(20)9-15)22-11(2)16-10-12(18)4-5-17(16)21/h4-5,7-10H,3,6,21H2,1-2H3/b22-11+. The number of hydrogen-bond acceptors (Lipinski definition) is 3. The van der Waals surface area contributed by atoms with Gasteiger partial charge in [0.2, 0.25) is 0 Å². The Balaban J connectivity index is 2.43. The van der Waals surface area contributed by atoms with Gasteiger partial charge in [-0.3, -0.25) is 5.01 Å². The molecule has 0 saturated heterocycles. The second-order valence-electron chi connectivity index (χ2n) is 5.17. The summed E-state index contributed by atoms with van der Waals surface area (Å²) in [5, 5.41) is 8.32. The predicted molar refractivity (Wildman–Crippen MR) is 102 cm³/mol. The summed E-state index contributed by atoms with van der Waals surface area (Å²) in [6.07, 6.45) is 0.923. The van der Waals surface area contributed by atoms with E-state index >= 15 is 0 Å². The summed E-state index contributed by atoms with van der Waals surface area (Å²) in [4.78, 5) is 0. The van der Waals surface area contributed by atoms with Gasteiger partial charge in [-0.1, -0.05) is 41.7 Å². The maximum absolute atomic E-state index is 6.10. The molecule has 2 aromatic rings. The van der Waals surface area contributed by atoms with Gasteiger partial charge in [0.05, 0.1) is 11.4 Å². The van der Waals surface area contributed by atoms with Crippen molar-refractivity contribution in [3.8, 4) is 0 Å². The molecule has 0 aliphatic heterocycles. The second-order valence-corrected chi connectivity index (χ2v) is 6.48. The predicted octanol–water partition coefficient (Wildman–Crippen LogP) is 5.87. The van der Waals surface area contributed by atoms with Gasteiger partial charge in [0.15, 0.2) is 0 Å². The smallest absolute Gasteiger partial charge is 0.0672 e. The zero-order valence-electron chi connectivity index (χ0n) is 13.0. The van der Waals surface area contributed by atoms with Crippen LogP contribution in [0.1, 0.15) is 25.8 Å². The lowest BCUT2D eigenvalue weighted by molar-refractivity contribution is 0.806. The summed E-state index contributed by atoms with van der Waals surface area (Å²) in [6, 6.07) is 10.7. The molecule has 122 valence electrons. The van der Waals surface area contributed by atoms with Gasteiger partial charge in [-0.2, -0.15) is 5.10 Å². The molecule has 2 rings (SSSR count). The third kappa shape index (κ3) is 4.77. The normalized spacial score (nSPS) is 11.6. The van der Waals surface area contributed by atoms with Crippen molar-refractivity contribution in [2.75, 3.05) is 17.3 Å². The number of nitrogens with zero attached hydrogens (tertiary/aromatic N) is 2. The van der Waals surface area contributed by atoms with Crippen molar-refractivity contribution in [2.45, 2.75) is 20.3 Å². The van der Waals surface area contributed by atoms with Gasteiger partial charge in [0, 0.05) is 32.9 Å². The van der Waals surface area contributed by atoms with Crippen LogP contribution in [0.5, 0.6) is 0 Å². The Morgan fingerprint density at radius 3 is 2.30 bits per heavy atom. The van der Waals surface area contributed by atoms with E-state index in [9.17, 15) is 0 Å². The molecule has 0 spiro atoms. The second kappa shape index (κ2) is 7.91. The fraction of sp³-hybridized carbons (Fsp3) is 0.235. The monoisotopic (exact) mass is 369 g/mol. The maximum atomic E-state index is 6.10. The topological polar surface area (TPSA) is 41.6 Å². The number of nitrogen functional groups attached to an aromatic ring is 1. The summed E-state index contributed by atoms with van der Waals surface area (Å²) >= 11 is 18.3. The fourth-order valence-electron chi connectivity index (χ4n) is 2.21. The van der Waals surface area contributed by atoms with E-state index in [1.165, 1.54) is 0 Å². The average Bonchev–Trinajstić information content (AvgIpc) is 2.48. The highest BCUT2D eigenvalue weighted by Crippen LogP contribution is 2.27. The number of benzene rings is 2. The van der Waals surface area contributed by atoms with Crippen LogP contribution < -0.4 is 10.7 Å². The summed E-state index contributed by atoms with van der Waals surface area (Å²) in [7, 11) is 0. The minimum absolute atomic E-state index is 0.573. The minimum Gasteiger partial charge on any atom is -0.398 e. The van der Waals surface area contributed by atoms with Gasteiger partial charge >= 0.3 is 0 Å². The van der Waals surface area contributed by atoms with Crippen LogP contribution in [0.3, 0.4) is 0 Å². The van der Waals surface area contributed by atoms with Gasteiger partial charge in [-0.05, 0) is 49.7 Å². The van der Waals surface area contributed by atoms with E-state index < -0.39 is 0 Å². The molecule has 0 fully saturated rings. The quantitative estimate of drug-likeness (QED) is 0.406. The molecule has 2 N–H and O–H groups in total. The maximum Gasteiger partial charge on any atom is 0.0672 e. The SMILES string of the molecule is CCCN(/N=C(\C)c1cc(Cl)ccc1N)c1cc(Cl)cc(Cl)c1. The Labute approximate surface area is 151 Å². The number of halogens is 3. The van der Waals surface area contributed by atoms with E-state index in [1.54, 1.807) is 18.2 Å². The summed E-state index contributed by atoms with van der Waals surface area (Å²) < 4.78 is 0. The summed E-state index contributed by atoms with van der Waals surface area (Å²) in [6.45, 7) is 4.71. The molecule has 0 saturated carbocycles. The van der Waals surface area contributed by atoms with Crippen LogP contribution in [0.15, 0.2) is 41.5 Å². The molecule has 23 heavy (non-hydrogen) atoms. The highest BCUT2D eigenvalue weighted by Gasteiger charge is 2.10. The Morgan fingerprint density at radius 2 is 1.70 bits per heavy atom. The van der Waals surface area contributed by atoms with Crippen LogP contribution in [-0.4, -0.2) is 12.3 Å². The lowest BCUT2D eigenvalue weighted by Crippen LogP contribution is -2.20. The number of hydrazone groups is 1. The first-order valence-electron chi connectivity index (χ1n) is 7.25.